The van der Waals surface area contributed by atoms with Crippen molar-refractivity contribution >= 4 is 23.9 Å². The van der Waals surface area contributed by atoms with Crippen LogP contribution in [0.3, 0.4) is 0 Å². The molecule has 2 aromatic carbocycles. The van der Waals surface area contributed by atoms with Crippen LogP contribution in [0.15, 0.2) is 60.7 Å². The Bertz CT molecular complexity index is 755. The summed E-state index contributed by atoms with van der Waals surface area (Å²) in [5, 5.41) is 17.2. The molecule has 5 heteroatoms. The van der Waals surface area contributed by atoms with Crippen molar-refractivity contribution in [1.82, 2.24) is 0 Å². The van der Waals surface area contributed by atoms with Crippen LogP contribution in [0.4, 0.5) is 0 Å². The Hall–Kier alpha value is -3.02. The first-order valence-corrected chi connectivity index (χ1v) is 7.17. The third kappa shape index (κ3) is 5.31. The number of aromatic carboxylic acids is 1. The van der Waals surface area contributed by atoms with Gasteiger partial charge in [0.05, 0.1) is 5.56 Å². The molecule has 0 amide bonds. The Morgan fingerprint density at radius 3 is 1.83 bits per heavy atom. The zero-order valence-electron chi connectivity index (χ0n) is 12.8. The van der Waals surface area contributed by atoms with Gasteiger partial charge in [0.15, 0.2) is 5.78 Å². The van der Waals surface area contributed by atoms with Crippen LogP contribution >= 0.6 is 0 Å². The van der Waals surface area contributed by atoms with Crippen molar-refractivity contribution in [1.29, 1.82) is 0 Å². The summed E-state index contributed by atoms with van der Waals surface area (Å²) in [5.74, 6) is -1.17. The summed E-state index contributed by atoms with van der Waals surface area (Å²) in [5.41, 5.74) is 2.62. The minimum Gasteiger partial charge on any atom is -0.478 e. The highest BCUT2D eigenvalue weighted by molar-refractivity contribution is 6.04. The average molecular weight is 324 g/mol. The van der Waals surface area contributed by atoms with Gasteiger partial charge in [0.1, 0.15) is 6.61 Å². The predicted molar refractivity (Wildman–Crippen MR) is 90.3 cm³/mol. The molecule has 0 aromatic heterocycles. The van der Waals surface area contributed by atoms with Crippen molar-refractivity contribution in [3.63, 3.8) is 0 Å². The van der Waals surface area contributed by atoms with Crippen molar-refractivity contribution < 1.29 is 24.8 Å². The molecule has 24 heavy (non-hydrogen) atoms. The lowest BCUT2D eigenvalue weighted by Gasteiger charge is -1.98. The van der Waals surface area contributed by atoms with Gasteiger partial charge in [0.25, 0.3) is 0 Å². The molecule has 0 radical (unpaired) electrons. The summed E-state index contributed by atoms with van der Waals surface area (Å²) in [4.78, 5) is 26.6. The van der Waals surface area contributed by atoms with Crippen LogP contribution < -0.4 is 0 Å². The number of ketones is 1. The van der Waals surface area contributed by atoms with Crippen LogP contribution in [0.5, 0.6) is 0 Å². The Morgan fingerprint density at radius 2 is 1.38 bits per heavy atom. The summed E-state index contributed by atoms with van der Waals surface area (Å²) in [6, 6.07) is 13.5. The standard InChI is InChI=1S/C19H16O5/c20-18(11-7-14-1-3-16(4-2-14)13-24-23)12-8-15-5-9-17(10-6-15)19(21)22/h1-12,23H,13H2,(H,21,22)/b11-7+,12-8+. The monoisotopic (exact) mass is 324 g/mol. The molecular weight excluding hydrogens is 308 g/mol. The van der Waals surface area contributed by atoms with E-state index in [1.54, 1.807) is 36.4 Å². The fourth-order valence-electron chi connectivity index (χ4n) is 1.95. The molecule has 0 atom stereocenters. The van der Waals surface area contributed by atoms with E-state index < -0.39 is 5.97 Å². The Morgan fingerprint density at radius 1 is 0.875 bits per heavy atom. The van der Waals surface area contributed by atoms with Crippen LogP contribution in [0.25, 0.3) is 12.2 Å². The third-order valence-corrected chi connectivity index (χ3v) is 3.25. The second-order valence-electron chi connectivity index (χ2n) is 5.01. The van der Waals surface area contributed by atoms with Crippen LogP contribution in [-0.4, -0.2) is 22.1 Å². The molecule has 2 aromatic rings. The van der Waals surface area contributed by atoms with E-state index >= 15 is 0 Å². The number of carboxylic acid groups (broad SMARTS) is 1. The molecule has 0 aliphatic heterocycles. The van der Waals surface area contributed by atoms with Gasteiger partial charge in [-0.05, 0) is 41.0 Å². The van der Waals surface area contributed by atoms with Crippen LogP contribution in [-0.2, 0) is 16.3 Å². The predicted octanol–water partition coefficient (Wildman–Crippen LogP) is 3.67. The van der Waals surface area contributed by atoms with Gasteiger partial charge in [-0.15, -0.1) is 0 Å². The highest BCUT2D eigenvalue weighted by Crippen LogP contribution is 2.08. The van der Waals surface area contributed by atoms with E-state index in [0.717, 1.165) is 16.7 Å². The first-order valence-electron chi connectivity index (χ1n) is 7.17. The molecule has 0 aliphatic carbocycles. The summed E-state index contributed by atoms with van der Waals surface area (Å²) in [7, 11) is 0. The van der Waals surface area contributed by atoms with Gasteiger partial charge in [-0.1, -0.05) is 48.6 Å². The molecule has 5 nitrogen and oxygen atoms in total. The van der Waals surface area contributed by atoms with E-state index in [0.29, 0.717) is 0 Å². The molecular formula is C19H16O5. The van der Waals surface area contributed by atoms with Gasteiger partial charge in [0, 0.05) is 0 Å². The number of benzene rings is 2. The molecule has 0 aliphatic rings. The van der Waals surface area contributed by atoms with E-state index in [1.165, 1.54) is 24.3 Å². The number of allylic oxidation sites excluding steroid dienone is 2. The maximum atomic E-state index is 11.8. The summed E-state index contributed by atoms with van der Waals surface area (Å²) in [6.45, 7) is 0.117. The van der Waals surface area contributed by atoms with Crippen molar-refractivity contribution in [3.8, 4) is 0 Å². The maximum absolute atomic E-state index is 11.8. The van der Waals surface area contributed by atoms with Gasteiger partial charge >= 0.3 is 5.97 Å². The molecule has 0 fully saturated rings. The molecule has 0 saturated heterocycles. The van der Waals surface area contributed by atoms with Crippen LogP contribution in [0.1, 0.15) is 27.0 Å². The molecule has 0 unspecified atom stereocenters. The minimum atomic E-state index is -0.985. The molecule has 2 N–H and O–H groups in total. The minimum absolute atomic E-state index is 0.117. The lowest BCUT2D eigenvalue weighted by molar-refractivity contribution is -0.253. The normalized spacial score (nSPS) is 11.2. The van der Waals surface area contributed by atoms with Gasteiger partial charge in [-0.25, -0.2) is 9.68 Å². The zero-order valence-corrected chi connectivity index (χ0v) is 12.8. The maximum Gasteiger partial charge on any atom is 0.335 e. The van der Waals surface area contributed by atoms with Gasteiger partial charge in [0.2, 0.25) is 0 Å². The van der Waals surface area contributed by atoms with Gasteiger partial charge < -0.3 is 5.11 Å². The quantitative estimate of drug-likeness (QED) is 0.461. The van der Waals surface area contributed by atoms with Crippen LogP contribution in [0.2, 0.25) is 0 Å². The van der Waals surface area contributed by atoms with Crippen LogP contribution in [0, 0.1) is 0 Å². The summed E-state index contributed by atoms with van der Waals surface area (Å²) >= 11 is 0. The smallest absolute Gasteiger partial charge is 0.335 e. The van der Waals surface area contributed by atoms with E-state index in [1.807, 2.05) is 12.1 Å². The fraction of sp³-hybridized carbons (Fsp3) is 0.0526. The van der Waals surface area contributed by atoms with Crippen molar-refractivity contribution in [3.05, 3.63) is 82.9 Å². The molecule has 0 bridgehead atoms. The highest BCUT2D eigenvalue weighted by Gasteiger charge is 2.00. The Balaban J connectivity index is 1.95. The van der Waals surface area contributed by atoms with E-state index in [2.05, 4.69) is 4.89 Å². The number of hydrogen-bond acceptors (Lipinski definition) is 4. The van der Waals surface area contributed by atoms with Gasteiger partial charge in [-0.3, -0.25) is 10.1 Å². The highest BCUT2D eigenvalue weighted by atomic mass is 17.1. The van der Waals surface area contributed by atoms with E-state index in [4.69, 9.17) is 10.4 Å². The van der Waals surface area contributed by atoms with E-state index in [-0.39, 0.29) is 18.0 Å². The molecule has 122 valence electrons. The molecule has 2 rings (SSSR count). The second kappa shape index (κ2) is 8.57. The lowest BCUT2D eigenvalue weighted by Crippen LogP contribution is -1.94. The Labute approximate surface area is 139 Å². The van der Waals surface area contributed by atoms with Crippen molar-refractivity contribution in [2.24, 2.45) is 0 Å². The second-order valence-corrected chi connectivity index (χ2v) is 5.01. The SMILES string of the molecule is O=C(/C=C/c1ccc(COO)cc1)/C=C/c1ccc(C(=O)O)cc1. The van der Waals surface area contributed by atoms with Gasteiger partial charge in [-0.2, -0.15) is 0 Å². The summed E-state index contributed by atoms with van der Waals surface area (Å²) in [6.07, 6.45) is 6.17. The number of carbonyl (C=O) groups is 2. The fourth-order valence-corrected chi connectivity index (χ4v) is 1.95. The number of hydrogen-bond donors (Lipinski definition) is 2. The Kier molecular flexibility index (Phi) is 6.19. The zero-order chi connectivity index (χ0) is 17.4. The summed E-state index contributed by atoms with van der Waals surface area (Å²) < 4.78 is 0. The number of rotatable bonds is 7. The molecule has 0 spiro atoms. The number of carbonyl (C=O) groups excluding carboxylic acids is 1. The molecule has 0 saturated carbocycles. The number of carboxylic acids is 1. The molecule has 0 heterocycles. The van der Waals surface area contributed by atoms with E-state index in [9.17, 15) is 9.59 Å². The third-order valence-electron chi connectivity index (χ3n) is 3.25. The first-order chi connectivity index (χ1) is 11.6. The average Bonchev–Trinajstić information content (AvgIpc) is 2.60. The first kappa shape index (κ1) is 17.3. The van der Waals surface area contributed by atoms with Crippen molar-refractivity contribution in [2.45, 2.75) is 6.61 Å². The largest absolute Gasteiger partial charge is 0.478 e. The van der Waals surface area contributed by atoms with Crippen molar-refractivity contribution in [2.75, 3.05) is 0 Å². The topological polar surface area (TPSA) is 83.8 Å². The lowest BCUT2D eigenvalue weighted by atomic mass is 10.1.